The third-order valence-electron chi connectivity index (χ3n) is 4.88. The number of hydrogen-bond acceptors (Lipinski definition) is 7. The van der Waals surface area contributed by atoms with E-state index in [-0.39, 0.29) is 5.91 Å². The minimum absolute atomic E-state index is 0.163. The Labute approximate surface area is 212 Å². The van der Waals surface area contributed by atoms with Gasteiger partial charge < -0.3 is 14.2 Å². The van der Waals surface area contributed by atoms with E-state index in [0.717, 1.165) is 22.9 Å². The van der Waals surface area contributed by atoms with Crippen LogP contribution in [-0.2, 0) is 9.53 Å². The summed E-state index contributed by atoms with van der Waals surface area (Å²) in [7, 11) is 3.26. The minimum Gasteiger partial charge on any atom is -0.493 e. The van der Waals surface area contributed by atoms with Crippen molar-refractivity contribution in [2.75, 3.05) is 27.4 Å². The second-order valence-corrected chi connectivity index (χ2v) is 9.24. The van der Waals surface area contributed by atoms with E-state index in [1.807, 2.05) is 12.1 Å². The fourth-order valence-corrected chi connectivity index (χ4v) is 4.67. The van der Waals surface area contributed by atoms with Crippen LogP contribution < -0.4 is 9.47 Å². The van der Waals surface area contributed by atoms with Crippen LogP contribution in [0, 0.1) is 0 Å². The van der Waals surface area contributed by atoms with Crippen LogP contribution in [0.1, 0.15) is 42.6 Å². The Hall–Kier alpha value is -2.78. The number of halogens is 1. The number of likely N-dealkylation sites (N-methyl/N-ethyl adjacent to an activating group) is 1. The summed E-state index contributed by atoms with van der Waals surface area (Å²) in [5.41, 5.74) is 1.77. The molecule has 0 aromatic heterocycles. The molecule has 0 spiro atoms. The highest BCUT2D eigenvalue weighted by Gasteiger charge is 2.30. The molecule has 7 nitrogen and oxygen atoms in total. The number of carbonyl (C=O) groups excluding carboxylic acids is 2. The average molecular weight is 547 g/mol. The first kappa shape index (κ1) is 25.8. The number of hydrogen-bond donors (Lipinski definition) is 0. The zero-order chi connectivity index (χ0) is 24.7. The van der Waals surface area contributed by atoms with Crippen molar-refractivity contribution in [2.45, 2.75) is 26.7 Å². The van der Waals surface area contributed by atoms with Gasteiger partial charge in [0.05, 0.1) is 41.0 Å². The number of unbranched alkanes of at least 4 members (excludes halogenated alkanes) is 1. The summed E-state index contributed by atoms with van der Waals surface area (Å²) in [4.78, 5) is 31.5. The molecule has 0 N–H and O–H groups in total. The van der Waals surface area contributed by atoms with Crippen molar-refractivity contribution in [3.63, 3.8) is 0 Å². The van der Waals surface area contributed by atoms with Gasteiger partial charge in [0.1, 0.15) is 0 Å². The van der Waals surface area contributed by atoms with Gasteiger partial charge in [-0.15, -0.1) is 0 Å². The molecular weight excluding hydrogens is 520 g/mol. The smallest absolute Gasteiger partial charge is 0.338 e. The number of amides is 1. The lowest BCUT2D eigenvalue weighted by Crippen LogP contribution is -2.23. The van der Waals surface area contributed by atoms with Crippen LogP contribution in [0.25, 0.3) is 6.08 Å². The number of ether oxygens (including phenoxy) is 3. The maximum Gasteiger partial charge on any atom is 0.338 e. The number of esters is 1. The molecule has 2 aromatic rings. The molecule has 2 aromatic carbocycles. The maximum absolute atomic E-state index is 12.9. The Bertz CT molecular complexity index is 1130. The van der Waals surface area contributed by atoms with Gasteiger partial charge in [0.25, 0.3) is 5.91 Å². The van der Waals surface area contributed by atoms with Crippen LogP contribution in [0.3, 0.4) is 0 Å². The third-order valence-corrected chi connectivity index (χ3v) is 6.53. The predicted octanol–water partition coefficient (Wildman–Crippen LogP) is 6.05. The fourth-order valence-electron chi connectivity index (χ4n) is 3.11. The van der Waals surface area contributed by atoms with Gasteiger partial charge >= 0.3 is 5.97 Å². The Morgan fingerprint density at radius 2 is 2.03 bits per heavy atom. The molecule has 0 saturated carbocycles. The number of rotatable bonds is 9. The molecule has 0 radical (unpaired) electrons. The molecule has 34 heavy (non-hydrogen) atoms. The maximum atomic E-state index is 12.9. The first-order chi connectivity index (χ1) is 16.4. The molecule has 3 rings (SSSR count). The number of methoxy groups -OCH3 is 1. The Morgan fingerprint density at radius 3 is 2.74 bits per heavy atom. The second-order valence-electron chi connectivity index (χ2n) is 7.38. The van der Waals surface area contributed by atoms with Gasteiger partial charge in [0.15, 0.2) is 16.7 Å². The molecule has 0 atom stereocenters. The number of carbonyl (C=O) groups is 2. The molecule has 0 bridgehead atoms. The minimum atomic E-state index is -0.407. The summed E-state index contributed by atoms with van der Waals surface area (Å²) in [5.74, 6) is 0.661. The molecule has 1 heterocycles. The van der Waals surface area contributed by atoms with Gasteiger partial charge in [0.2, 0.25) is 0 Å². The van der Waals surface area contributed by atoms with E-state index in [2.05, 4.69) is 27.8 Å². The summed E-state index contributed by atoms with van der Waals surface area (Å²) < 4.78 is 17.2. The van der Waals surface area contributed by atoms with E-state index >= 15 is 0 Å². The molecular formula is C25H27BrN2O5S. The molecule has 1 aliphatic heterocycles. The lowest BCUT2D eigenvalue weighted by atomic mass is 10.2. The van der Waals surface area contributed by atoms with E-state index in [1.54, 1.807) is 51.4 Å². The van der Waals surface area contributed by atoms with Crippen LogP contribution in [0.2, 0.25) is 0 Å². The molecule has 1 amide bonds. The molecule has 1 aliphatic rings. The highest BCUT2D eigenvalue weighted by molar-refractivity contribution is 9.10. The SMILES string of the molecule is CCCCOc1c(Br)cc(C=C2SC(=Nc3cccc(C(=O)OCC)c3)N(C)C2=O)cc1OC. The molecule has 1 saturated heterocycles. The second kappa shape index (κ2) is 12.1. The molecule has 9 heteroatoms. The van der Waals surface area contributed by atoms with Crippen molar-refractivity contribution in [1.82, 2.24) is 4.90 Å². The first-order valence-electron chi connectivity index (χ1n) is 10.9. The van der Waals surface area contributed by atoms with Gasteiger partial charge in [-0.25, -0.2) is 9.79 Å². The van der Waals surface area contributed by atoms with Crippen LogP contribution >= 0.6 is 27.7 Å². The van der Waals surface area contributed by atoms with Gasteiger partial charge in [-0.3, -0.25) is 9.69 Å². The number of amidine groups is 1. The van der Waals surface area contributed by atoms with Crippen molar-refractivity contribution < 1.29 is 23.8 Å². The van der Waals surface area contributed by atoms with Gasteiger partial charge in [-0.2, -0.15) is 0 Å². The Balaban J connectivity index is 1.85. The molecule has 0 aliphatic carbocycles. The van der Waals surface area contributed by atoms with Crippen LogP contribution in [-0.4, -0.2) is 49.3 Å². The quantitative estimate of drug-likeness (QED) is 0.216. The summed E-state index contributed by atoms with van der Waals surface area (Å²) in [6.45, 7) is 4.76. The Kier molecular flexibility index (Phi) is 9.18. The zero-order valence-corrected chi connectivity index (χ0v) is 22.0. The number of aliphatic imine (C=N–C) groups is 1. The molecule has 0 unspecified atom stereocenters. The van der Waals surface area contributed by atoms with Crippen molar-refractivity contribution in [3.8, 4) is 11.5 Å². The fraction of sp³-hybridized carbons (Fsp3) is 0.320. The number of thioether (sulfide) groups is 1. The number of nitrogens with zero attached hydrogens (tertiary/aromatic N) is 2. The van der Waals surface area contributed by atoms with Gasteiger partial charge in [-0.05, 0) is 83.0 Å². The van der Waals surface area contributed by atoms with E-state index in [1.165, 1.54) is 16.7 Å². The molecule has 1 fully saturated rings. The predicted molar refractivity (Wildman–Crippen MR) is 139 cm³/mol. The Morgan fingerprint density at radius 1 is 1.24 bits per heavy atom. The monoisotopic (exact) mass is 546 g/mol. The van der Waals surface area contributed by atoms with Crippen molar-refractivity contribution in [1.29, 1.82) is 0 Å². The van der Waals surface area contributed by atoms with Crippen molar-refractivity contribution in [3.05, 3.63) is 56.9 Å². The average Bonchev–Trinajstić information content (AvgIpc) is 3.08. The molecule has 180 valence electrons. The van der Waals surface area contributed by atoms with Gasteiger partial charge in [0, 0.05) is 7.05 Å². The summed E-state index contributed by atoms with van der Waals surface area (Å²) in [6.07, 6.45) is 3.78. The zero-order valence-electron chi connectivity index (χ0n) is 19.6. The summed E-state index contributed by atoms with van der Waals surface area (Å²) in [6, 6.07) is 10.6. The third kappa shape index (κ3) is 6.21. The van der Waals surface area contributed by atoms with Crippen molar-refractivity contribution in [2.24, 2.45) is 4.99 Å². The lowest BCUT2D eigenvalue weighted by Gasteiger charge is -2.13. The topological polar surface area (TPSA) is 77.4 Å². The van der Waals surface area contributed by atoms with E-state index in [4.69, 9.17) is 14.2 Å². The normalized spacial score (nSPS) is 15.8. The highest BCUT2D eigenvalue weighted by Crippen LogP contribution is 2.39. The van der Waals surface area contributed by atoms with Gasteiger partial charge in [-0.1, -0.05) is 19.4 Å². The van der Waals surface area contributed by atoms with Crippen molar-refractivity contribution >= 4 is 56.5 Å². The van der Waals surface area contributed by atoms with Crippen LogP contribution in [0.15, 0.2) is 50.8 Å². The largest absolute Gasteiger partial charge is 0.493 e. The van der Waals surface area contributed by atoms with Crippen LogP contribution in [0.4, 0.5) is 5.69 Å². The van der Waals surface area contributed by atoms with E-state index < -0.39 is 5.97 Å². The first-order valence-corrected chi connectivity index (χ1v) is 12.5. The van der Waals surface area contributed by atoms with Crippen LogP contribution in [0.5, 0.6) is 11.5 Å². The van der Waals surface area contributed by atoms with E-state index in [9.17, 15) is 9.59 Å². The summed E-state index contributed by atoms with van der Waals surface area (Å²) in [5, 5.41) is 0.516. The number of benzene rings is 2. The standard InChI is InChI=1S/C25H27BrN2O5S/c1-5-7-11-33-22-19(26)12-16(13-20(22)31-4)14-21-23(29)28(3)25(34-21)27-18-10-8-9-17(15-18)24(30)32-6-2/h8-10,12-15H,5-7,11H2,1-4H3. The lowest BCUT2D eigenvalue weighted by molar-refractivity contribution is -0.121. The highest BCUT2D eigenvalue weighted by atomic mass is 79.9. The summed E-state index contributed by atoms with van der Waals surface area (Å²) >= 11 is 4.82. The van der Waals surface area contributed by atoms with E-state index in [0.29, 0.717) is 46.0 Å².